The first-order chi connectivity index (χ1) is 24.4. The van der Waals surface area contributed by atoms with E-state index < -0.39 is 68.3 Å². The third-order valence-corrected chi connectivity index (χ3v) is 13.4. The molecule has 5 rings (SSSR count). The zero-order valence-electron chi connectivity index (χ0n) is 29.8. The Kier molecular flexibility index (Phi) is 13.3. The third kappa shape index (κ3) is 10.4. The van der Waals surface area contributed by atoms with Crippen LogP contribution in [0.25, 0.3) is 0 Å². The Labute approximate surface area is 301 Å². The number of carbonyl (C=O) groups is 3. The third-order valence-electron chi connectivity index (χ3n) is 10.8. The molecule has 282 valence electrons. The molecule has 0 bridgehead atoms. The number of aliphatic hydroxyl groups excluding tert-OH is 2. The molecule has 2 aliphatic carbocycles. The fourth-order valence-electron chi connectivity index (χ4n) is 7.29. The highest BCUT2D eigenvalue weighted by molar-refractivity contribution is 7.93. The molecule has 0 radical (unpaired) electrons. The number of rotatable bonds is 17. The summed E-state index contributed by atoms with van der Waals surface area (Å²) in [7, 11) is -4.21. The van der Waals surface area contributed by atoms with Gasteiger partial charge in [-0.15, -0.1) is 0 Å². The number of imidazole rings is 1. The highest BCUT2D eigenvalue weighted by Crippen LogP contribution is 2.36. The van der Waals surface area contributed by atoms with Crippen molar-refractivity contribution < 1.29 is 37.8 Å². The van der Waals surface area contributed by atoms with Crippen molar-refractivity contribution in [3.05, 3.63) is 54.1 Å². The highest BCUT2D eigenvalue weighted by atomic mass is 32.2. The van der Waals surface area contributed by atoms with Gasteiger partial charge in [0.15, 0.2) is 9.84 Å². The molecule has 2 saturated carbocycles. The van der Waals surface area contributed by atoms with E-state index in [0.29, 0.717) is 25.3 Å². The number of aromatic nitrogens is 2. The van der Waals surface area contributed by atoms with Crippen LogP contribution in [0.3, 0.4) is 0 Å². The van der Waals surface area contributed by atoms with E-state index in [1.165, 1.54) is 25.1 Å². The molecule has 2 heterocycles. The molecule has 0 spiro atoms. The average Bonchev–Trinajstić information content (AvgIpc) is 3.86. The van der Waals surface area contributed by atoms with Gasteiger partial charge in [0.1, 0.15) is 16.9 Å². The van der Waals surface area contributed by atoms with Crippen LogP contribution >= 0.6 is 0 Å². The largest absolute Gasteiger partial charge is 0.390 e. The predicted molar refractivity (Wildman–Crippen MR) is 191 cm³/mol. The van der Waals surface area contributed by atoms with Crippen LogP contribution < -0.4 is 10.6 Å². The Balaban J connectivity index is 1.38. The Hall–Kier alpha value is -3.33. The molecule has 5 atom stereocenters. The minimum Gasteiger partial charge on any atom is -0.390 e. The molecule has 1 saturated heterocycles. The molecule has 1 aliphatic heterocycles. The zero-order valence-corrected chi connectivity index (χ0v) is 30.7. The number of amides is 3. The number of aliphatic hydroxyl groups is 2. The second-order valence-corrected chi connectivity index (χ2v) is 17.7. The van der Waals surface area contributed by atoms with Gasteiger partial charge in [-0.2, -0.15) is 0 Å². The van der Waals surface area contributed by atoms with Gasteiger partial charge in [-0.3, -0.25) is 14.4 Å². The Morgan fingerprint density at radius 3 is 2.29 bits per heavy atom. The lowest BCUT2D eigenvalue weighted by Gasteiger charge is -2.35. The van der Waals surface area contributed by atoms with E-state index in [1.807, 2.05) is 6.07 Å². The van der Waals surface area contributed by atoms with Crippen molar-refractivity contribution in [3.8, 4) is 0 Å². The number of aromatic amines is 1. The van der Waals surface area contributed by atoms with Gasteiger partial charge in [0.2, 0.25) is 17.7 Å². The van der Waals surface area contributed by atoms with Gasteiger partial charge < -0.3 is 35.5 Å². The molecule has 1 aromatic heterocycles. The van der Waals surface area contributed by atoms with Crippen LogP contribution in [0, 0.1) is 17.8 Å². The van der Waals surface area contributed by atoms with E-state index in [-0.39, 0.29) is 37.8 Å². The Bertz CT molecular complexity index is 1540. The fraction of sp³-hybridized carbons (Fsp3) is 0.676. The van der Waals surface area contributed by atoms with E-state index in [0.717, 1.165) is 50.5 Å². The molecule has 3 aliphatic rings. The lowest BCUT2D eigenvalue weighted by molar-refractivity contribution is -0.137. The van der Waals surface area contributed by atoms with Crippen molar-refractivity contribution in [2.24, 2.45) is 17.8 Å². The predicted octanol–water partition coefficient (Wildman–Crippen LogP) is 1.94. The van der Waals surface area contributed by atoms with Crippen LogP contribution in [0.2, 0.25) is 0 Å². The maximum Gasteiger partial charge on any atom is 0.243 e. The first-order valence-electron chi connectivity index (χ1n) is 18.4. The maximum absolute atomic E-state index is 14.2. The molecule has 51 heavy (non-hydrogen) atoms. The molecule has 5 N–H and O–H groups in total. The van der Waals surface area contributed by atoms with Crippen LogP contribution in [0.15, 0.2) is 42.9 Å². The summed E-state index contributed by atoms with van der Waals surface area (Å²) in [4.78, 5) is 50.5. The number of hydrogen-bond donors (Lipinski definition) is 5. The summed E-state index contributed by atoms with van der Waals surface area (Å²) >= 11 is 0. The summed E-state index contributed by atoms with van der Waals surface area (Å²) in [6, 6.07) is 7.12. The summed E-state index contributed by atoms with van der Waals surface area (Å²) in [5.74, 6) is -3.24. The Morgan fingerprint density at radius 1 is 0.980 bits per heavy atom. The van der Waals surface area contributed by atoms with Crippen molar-refractivity contribution >= 4 is 27.6 Å². The van der Waals surface area contributed by atoms with Crippen LogP contribution in [-0.4, -0.2) is 112 Å². The number of benzene rings is 1. The van der Waals surface area contributed by atoms with Crippen molar-refractivity contribution in [1.82, 2.24) is 25.5 Å². The van der Waals surface area contributed by atoms with E-state index in [1.54, 1.807) is 30.5 Å². The summed E-state index contributed by atoms with van der Waals surface area (Å²) in [6.07, 6.45) is 8.39. The maximum atomic E-state index is 14.2. The molecule has 14 heteroatoms. The van der Waals surface area contributed by atoms with E-state index in [9.17, 15) is 33.0 Å². The summed E-state index contributed by atoms with van der Waals surface area (Å²) in [6.45, 7) is 3.95. The number of ether oxygens (including phenoxy) is 1. The van der Waals surface area contributed by atoms with Crippen LogP contribution in [0.1, 0.15) is 76.5 Å². The van der Waals surface area contributed by atoms with Gasteiger partial charge in [0.05, 0.1) is 49.1 Å². The molecular weight excluding hydrogens is 675 g/mol. The van der Waals surface area contributed by atoms with Gasteiger partial charge >= 0.3 is 0 Å². The summed E-state index contributed by atoms with van der Waals surface area (Å²) in [5, 5.41) is 28.0. The first kappa shape index (κ1) is 38.9. The quantitative estimate of drug-likeness (QED) is 0.162. The second-order valence-electron chi connectivity index (χ2n) is 15.1. The molecule has 0 unspecified atom stereocenters. The minimum atomic E-state index is -4.21. The van der Waals surface area contributed by atoms with Crippen LogP contribution in [0.4, 0.5) is 0 Å². The highest BCUT2D eigenvalue weighted by Gasteiger charge is 2.46. The minimum absolute atomic E-state index is 0.00428. The topological polar surface area (TPSA) is 191 Å². The Morgan fingerprint density at radius 2 is 1.67 bits per heavy atom. The van der Waals surface area contributed by atoms with Crippen molar-refractivity contribution in [3.63, 3.8) is 0 Å². The van der Waals surface area contributed by atoms with E-state index >= 15 is 0 Å². The molecule has 3 fully saturated rings. The van der Waals surface area contributed by atoms with Crippen molar-refractivity contribution in [2.75, 3.05) is 32.1 Å². The average molecular weight is 730 g/mol. The number of sulfone groups is 1. The first-order valence-corrected chi connectivity index (χ1v) is 20.1. The molecule has 3 amide bonds. The number of morpholine rings is 1. The van der Waals surface area contributed by atoms with E-state index in [2.05, 4.69) is 20.6 Å². The number of nitrogens with one attached hydrogen (secondary N) is 3. The number of H-pyrrole nitrogens is 1. The summed E-state index contributed by atoms with van der Waals surface area (Å²) < 4.78 is 31.6. The van der Waals surface area contributed by atoms with Gasteiger partial charge in [-0.25, -0.2) is 13.4 Å². The van der Waals surface area contributed by atoms with Crippen LogP contribution in [-0.2, 0) is 41.8 Å². The zero-order chi connectivity index (χ0) is 36.6. The second kappa shape index (κ2) is 17.5. The smallest absolute Gasteiger partial charge is 0.243 e. The van der Waals surface area contributed by atoms with Gasteiger partial charge in [-0.05, 0) is 56.9 Å². The lowest BCUT2D eigenvalue weighted by Crippen LogP contribution is -2.57. The number of carbonyl (C=O) groups excluding carboxylic acids is 3. The summed E-state index contributed by atoms with van der Waals surface area (Å²) in [5.41, 5.74) is 1.23. The van der Waals surface area contributed by atoms with E-state index in [4.69, 9.17) is 4.74 Å². The monoisotopic (exact) mass is 729 g/mol. The van der Waals surface area contributed by atoms with Gasteiger partial charge in [0.25, 0.3) is 0 Å². The number of nitrogens with zero attached hydrogens (tertiary/aromatic N) is 2. The molecular formula is C37H55N5O8S. The van der Waals surface area contributed by atoms with Gasteiger partial charge in [-0.1, -0.05) is 62.4 Å². The SMILES string of the molecule is CC(C)(C(=O)N1CCOCC1)S(=O)(=O)C[C@H](Cc1ccccc1)C(=O)N[C@@H](Cc1c[nH]cn1)C(=O)N[C@@H](CC1CCCCC1)[C@@H](O)[C@@H](O)C1CC1. The fourth-order valence-corrected chi connectivity index (χ4v) is 8.90. The number of hydrogen-bond acceptors (Lipinski definition) is 9. The molecule has 2 aromatic rings. The van der Waals surface area contributed by atoms with Crippen molar-refractivity contribution in [1.29, 1.82) is 0 Å². The van der Waals surface area contributed by atoms with Gasteiger partial charge in [0, 0.05) is 25.7 Å². The molecule has 13 nitrogen and oxygen atoms in total. The normalized spacial score (nSPS) is 20.5. The molecule has 1 aromatic carbocycles. The standard InChI is InChI=1S/C37H55N5O8S/c1-37(2,36(47)42-15-17-50-18-16-42)51(48,49)23-28(19-25-9-5-3-6-10-25)34(45)41-31(21-29-22-38-24-39-29)35(46)40-30(20-26-11-7-4-8-12-26)33(44)32(43)27-13-14-27/h3,5-6,9-10,22,24,26-28,30-33,43-44H,4,7-8,11-21,23H2,1-2H3,(H,38,39)(H,40,46)(H,41,45)/t28-,30-,31-,32-,33+/m0/s1. The van der Waals surface area contributed by atoms with Crippen LogP contribution in [0.5, 0.6) is 0 Å². The van der Waals surface area contributed by atoms with Crippen molar-refractivity contribution in [2.45, 2.75) is 107 Å². The lowest BCUT2D eigenvalue weighted by atomic mass is 9.82.